The number of aryl methyl sites for hydroxylation is 1. The van der Waals surface area contributed by atoms with Crippen LogP contribution >= 0.6 is 11.6 Å². The lowest BCUT2D eigenvalue weighted by Crippen LogP contribution is -2.31. The molecule has 1 aliphatic rings. The number of hydrogen-bond acceptors (Lipinski definition) is 1. The van der Waals surface area contributed by atoms with E-state index in [1.807, 2.05) is 0 Å². The average molecular weight is 263 g/mol. The highest BCUT2D eigenvalue weighted by Crippen LogP contribution is 2.42. The van der Waals surface area contributed by atoms with E-state index in [0.717, 1.165) is 24.3 Å². The molecule has 2 nitrogen and oxygen atoms in total. The monoisotopic (exact) mass is 262 g/mol. The first kappa shape index (κ1) is 12.0. The van der Waals surface area contributed by atoms with Crippen LogP contribution in [0, 0.1) is 5.41 Å². The first-order chi connectivity index (χ1) is 8.72. The second-order valence-electron chi connectivity index (χ2n) is 5.71. The number of fused-ring (bicyclic) bond motifs is 1. The molecule has 1 heterocycles. The second-order valence-corrected chi connectivity index (χ2v) is 6.08. The molecule has 0 saturated heterocycles. The Morgan fingerprint density at radius 2 is 2.11 bits per heavy atom. The van der Waals surface area contributed by atoms with Crippen LogP contribution in [0.15, 0.2) is 24.3 Å². The highest BCUT2D eigenvalue weighted by molar-refractivity contribution is 6.17. The summed E-state index contributed by atoms with van der Waals surface area (Å²) in [5.74, 6) is 1.78. The Morgan fingerprint density at radius 1 is 1.33 bits per heavy atom. The van der Waals surface area contributed by atoms with E-state index in [1.54, 1.807) is 0 Å². The molecule has 1 aromatic carbocycles. The quantitative estimate of drug-likeness (QED) is 0.762. The van der Waals surface area contributed by atoms with Crippen LogP contribution in [-0.2, 0) is 13.0 Å². The van der Waals surface area contributed by atoms with Gasteiger partial charge in [0.25, 0.3) is 0 Å². The van der Waals surface area contributed by atoms with Gasteiger partial charge in [-0.3, -0.25) is 0 Å². The zero-order chi connectivity index (χ0) is 12.6. The smallest absolute Gasteiger partial charge is 0.111 e. The zero-order valence-electron chi connectivity index (χ0n) is 10.8. The van der Waals surface area contributed by atoms with Gasteiger partial charge in [0.05, 0.1) is 11.0 Å². The van der Waals surface area contributed by atoms with Crippen molar-refractivity contribution in [1.82, 2.24) is 9.55 Å². The van der Waals surface area contributed by atoms with Crippen LogP contribution in [0.4, 0.5) is 0 Å². The summed E-state index contributed by atoms with van der Waals surface area (Å²) in [6.45, 7) is 3.47. The first-order valence-electron chi connectivity index (χ1n) is 6.72. The predicted octanol–water partition coefficient (Wildman–Crippen LogP) is 4.01. The molecule has 3 heteroatoms. The van der Waals surface area contributed by atoms with Gasteiger partial charge in [-0.2, -0.15) is 0 Å². The van der Waals surface area contributed by atoms with E-state index in [2.05, 4.69) is 35.8 Å². The molecule has 2 aromatic rings. The molecule has 0 radical (unpaired) electrons. The van der Waals surface area contributed by atoms with Crippen LogP contribution in [0.1, 0.15) is 32.0 Å². The summed E-state index contributed by atoms with van der Waals surface area (Å²) in [4.78, 5) is 4.72. The first-order valence-corrected chi connectivity index (χ1v) is 7.25. The molecule has 0 unspecified atom stereocenters. The summed E-state index contributed by atoms with van der Waals surface area (Å²) in [6.07, 6.45) is 4.89. The Labute approximate surface area is 113 Å². The van der Waals surface area contributed by atoms with Crippen molar-refractivity contribution >= 4 is 22.6 Å². The third-order valence-electron chi connectivity index (χ3n) is 4.15. The van der Waals surface area contributed by atoms with Gasteiger partial charge in [-0.25, -0.2) is 4.98 Å². The van der Waals surface area contributed by atoms with Crippen molar-refractivity contribution in [3.8, 4) is 0 Å². The van der Waals surface area contributed by atoms with Gasteiger partial charge in [0.15, 0.2) is 0 Å². The van der Waals surface area contributed by atoms with E-state index in [0.29, 0.717) is 11.3 Å². The Bertz CT molecular complexity index is 555. The molecule has 0 spiro atoms. The van der Waals surface area contributed by atoms with Crippen molar-refractivity contribution in [3.63, 3.8) is 0 Å². The number of aromatic nitrogens is 2. The molecule has 1 fully saturated rings. The molecule has 3 rings (SSSR count). The minimum Gasteiger partial charge on any atom is -0.327 e. The van der Waals surface area contributed by atoms with Gasteiger partial charge in [0, 0.05) is 18.8 Å². The molecule has 0 bridgehead atoms. The van der Waals surface area contributed by atoms with Gasteiger partial charge in [0.1, 0.15) is 5.82 Å². The molecule has 1 saturated carbocycles. The predicted molar refractivity (Wildman–Crippen MR) is 76.1 cm³/mol. The van der Waals surface area contributed by atoms with Crippen molar-refractivity contribution in [2.45, 2.75) is 39.2 Å². The van der Waals surface area contributed by atoms with Crippen molar-refractivity contribution in [2.24, 2.45) is 5.41 Å². The molecule has 0 N–H and O–H groups in total. The van der Waals surface area contributed by atoms with Gasteiger partial charge >= 0.3 is 0 Å². The summed E-state index contributed by atoms with van der Waals surface area (Å²) >= 11 is 5.90. The fourth-order valence-electron chi connectivity index (χ4n) is 2.90. The average Bonchev–Trinajstić information content (AvgIpc) is 2.66. The van der Waals surface area contributed by atoms with Crippen LogP contribution in [0.5, 0.6) is 0 Å². The SMILES string of the molecule is CC1(Cn2c(CCCl)nc3ccccc32)CCC1. The Kier molecular flexibility index (Phi) is 3.06. The van der Waals surface area contributed by atoms with E-state index in [4.69, 9.17) is 16.6 Å². The van der Waals surface area contributed by atoms with E-state index < -0.39 is 0 Å². The molecule has 1 aliphatic carbocycles. The lowest BCUT2D eigenvalue weighted by Gasteiger charge is -2.39. The Hall–Kier alpha value is -1.02. The van der Waals surface area contributed by atoms with Crippen molar-refractivity contribution in [2.75, 3.05) is 5.88 Å². The molecular formula is C15H19ClN2. The van der Waals surface area contributed by atoms with Crippen LogP contribution < -0.4 is 0 Å². The van der Waals surface area contributed by atoms with Gasteiger partial charge in [-0.1, -0.05) is 25.5 Å². The second kappa shape index (κ2) is 4.58. The summed E-state index contributed by atoms with van der Waals surface area (Å²) in [7, 11) is 0. The topological polar surface area (TPSA) is 17.8 Å². The molecule has 0 amide bonds. The maximum Gasteiger partial charge on any atom is 0.111 e. The van der Waals surface area contributed by atoms with Crippen LogP contribution in [0.3, 0.4) is 0 Å². The summed E-state index contributed by atoms with van der Waals surface area (Å²) < 4.78 is 2.39. The lowest BCUT2D eigenvalue weighted by atomic mass is 9.70. The standard InChI is InChI=1S/C15H19ClN2/c1-15(8-4-9-15)11-18-13-6-3-2-5-12(13)17-14(18)7-10-16/h2-3,5-6H,4,7-11H2,1H3. The summed E-state index contributed by atoms with van der Waals surface area (Å²) in [5.41, 5.74) is 2.82. The highest BCUT2D eigenvalue weighted by Gasteiger charge is 2.33. The molecule has 1 aromatic heterocycles. The van der Waals surface area contributed by atoms with Crippen molar-refractivity contribution < 1.29 is 0 Å². The molecule has 18 heavy (non-hydrogen) atoms. The Balaban J connectivity index is 2.03. The number of halogens is 1. The highest BCUT2D eigenvalue weighted by atomic mass is 35.5. The van der Waals surface area contributed by atoms with Gasteiger partial charge in [0.2, 0.25) is 0 Å². The largest absolute Gasteiger partial charge is 0.327 e. The fraction of sp³-hybridized carbons (Fsp3) is 0.533. The number of imidazole rings is 1. The van der Waals surface area contributed by atoms with Crippen molar-refractivity contribution in [1.29, 1.82) is 0 Å². The normalized spacial score (nSPS) is 17.9. The van der Waals surface area contributed by atoms with Crippen molar-refractivity contribution in [3.05, 3.63) is 30.1 Å². The lowest BCUT2D eigenvalue weighted by molar-refractivity contribution is 0.132. The van der Waals surface area contributed by atoms with Gasteiger partial charge in [-0.15, -0.1) is 11.6 Å². The van der Waals surface area contributed by atoms with E-state index in [9.17, 15) is 0 Å². The minimum atomic E-state index is 0.463. The number of hydrogen-bond donors (Lipinski definition) is 0. The van der Waals surface area contributed by atoms with E-state index >= 15 is 0 Å². The summed E-state index contributed by atoms with van der Waals surface area (Å²) in [6, 6.07) is 8.40. The van der Waals surface area contributed by atoms with Crippen LogP contribution in [0.2, 0.25) is 0 Å². The van der Waals surface area contributed by atoms with Gasteiger partial charge < -0.3 is 4.57 Å². The number of nitrogens with zero attached hydrogens (tertiary/aromatic N) is 2. The summed E-state index contributed by atoms with van der Waals surface area (Å²) in [5, 5.41) is 0. The third-order valence-corrected chi connectivity index (χ3v) is 4.34. The third kappa shape index (κ3) is 2.03. The van der Waals surface area contributed by atoms with E-state index in [1.165, 1.54) is 24.8 Å². The maximum absolute atomic E-state index is 5.90. The molecular weight excluding hydrogens is 244 g/mol. The Morgan fingerprint density at radius 3 is 2.78 bits per heavy atom. The molecule has 96 valence electrons. The van der Waals surface area contributed by atoms with Gasteiger partial charge in [-0.05, 0) is 30.4 Å². The number of rotatable bonds is 4. The fourth-order valence-corrected chi connectivity index (χ4v) is 3.07. The minimum absolute atomic E-state index is 0.463. The molecule has 0 atom stereocenters. The number of para-hydroxylation sites is 2. The maximum atomic E-state index is 5.90. The van der Waals surface area contributed by atoms with Crippen LogP contribution in [0.25, 0.3) is 11.0 Å². The number of benzene rings is 1. The zero-order valence-corrected chi connectivity index (χ0v) is 11.6. The van der Waals surface area contributed by atoms with E-state index in [-0.39, 0.29) is 0 Å². The van der Waals surface area contributed by atoms with Crippen LogP contribution in [-0.4, -0.2) is 15.4 Å². The molecule has 0 aliphatic heterocycles. The number of alkyl halides is 1.